The van der Waals surface area contributed by atoms with Gasteiger partial charge in [-0.1, -0.05) is 42.5 Å². The van der Waals surface area contributed by atoms with Crippen molar-refractivity contribution >= 4 is 17.7 Å². The number of nitrogens with zero attached hydrogens (tertiary/aromatic N) is 2. The highest BCUT2D eigenvalue weighted by atomic mass is 16.5. The lowest BCUT2D eigenvalue weighted by atomic mass is 9.87. The van der Waals surface area contributed by atoms with E-state index in [9.17, 15) is 14.4 Å². The number of carbonyl (C=O) groups excluding carboxylic acids is 3. The van der Waals surface area contributed by atoms with E-state index in [-0.39, 0.29) is 30.4 Å². The van der Waals surface area contributed by atoms with E-state index < -0.39 is 5.91 Å². The summed E-state index contributed by atoms with van der Waals surface area (Å²) in [6.07, 6.45) is 1.43. The highest BCUT2D eigenvalue weighted by molar-refractivity contribution is 5.99. The molecule has 3 aliphatic rings. The second-order valence-corrected chi connectivity index (χ2v) is 9.00. The van der Waals surface area contributed by atoms with Gasteiger partial charge >= 0.3 is 6.03 Å². The van der Waals surface area contributed by atoms with Crippen molar-refractivity contribution in [3.63, 3.8) is 0 Å². The number of rotatable bonds is 3. The van der Waals surface area contributed by atoms with Crippen LogP contribution in [0.1, 0.15) is 34.7 Å². The zero-order valence-corrected chi connectivity index (χ0v) is 17.9. The molecule has 5 rings (SSSR count). The fourth-order valence-electron chi connectivity index (χ4n) is 5.08. The van der Waals surface area contributed by atoms with E-state index in [0.29, 0.717) is 44.1 Å². The molecule has 2 aromatic rings. The molecule has 7 heteroatoms. The predicted octanol–water partition coefficient (Wildman–Crippen LogP) is 2.65. The van der Waals surface area contributed by atoms with Gasteiger partial charge in [-0.05, 0) is 29.2 Å². The zero-order valence-electron chi connectivity index (χ0n) is 17.9. The van der Waals surface area contributed by atoms with Crippen molar-refractivity contribution in [2.24, 2.45) is 11.7 Å². The smallest absolute Gasteiger partial charge is 0.320 e. The van der Waals surface area contributed by atoms with Crippen molar-refractivity contribution in [1.82, 2.24) is 9.80 Å². The fourth-order valence-corrected chi connectivity index (χ4v) is 5.08. The molecule has 3 amide bonds. The van der Waals surface area contributed by atoms with Crippen LogP contribution in [0.4, 0.5) is 4.79 Å². The monoisotopic (exact) mass is 433 g/mol. The Bertz CT molecular complexity index is 1050. The molecular formula is C25H27N3O4. The molecule has 7 nitrogen and oxygen atoms in total. The van der Waals surface area contributed by atoms with Crippen molar-refractivity contribution < 1.29 is 19.1 Å². The summed E-state index contributed by atoms with van der Waals surface area (Å²) in [5.74, 6) is 0.121. The first-order valence-electron chi connectivity index (χ1n) is 11.2. The van der Waals surface area contributed by atoms with E-state index in [4.69, 9.17) is 10.5 Å². The lowest BCUT2D eigenvalue weighted by Crippen LogP contribution is -2.58. The summed E-state index contributed by atoms with van der Waals surface area (Å²) in [6.45, 7) is 2.88. The molecule has 2 atom stereocenters. The molecule has 0 radical (unpaired) electrons. The Labute approximate surface area is 187 Å². The Kier molecular flexibility index (Phi) is 5.43. The van der Waals surface area contributed by atoms with Crippen molar-refractivity contribution in [2.45, 2.75) is 24.9 Å². The number of Topliss-reactive ketones (excluding diaryl/α,β-unsaturated/α-hetero) is 1. The van der Waals surface area contributed by atoms with E-state index in [1.54, 1.807) is 12.1 Å². The molecule has 0 aliphatic carbocycles. The number of ketones is 1. The second-order valence-electron chi connectivity index (χ2n) is 9.00. The number of nitrogens with two attached hydrogens (primary N) is 1. The summed E-state index contributed by atoms with van der Waals surface area (Å²) in [7, 11) is 0. The van der Waals surface area contributed by atoms with Gasteiger partial charge in [0.05, 0.1) is 6.10 Å². The first kappa shape index (κ1) is 20.7. The summed E-state index contributed by atoms with van der Waals surface area (Å²) < 4.78 is 5.63. The number of piperidine rings is 1. The van der Waals surface area contributed by atoms with Crippen molar-refractivity contribution in [1.29, 1.82) is 0 Å². The number of benzene rings is 2. The first-order chi connectivity index (χ1) is 15.5. The van der Waals surface area contributed by atoms with Gasteiger partial charge in [-0.3, -0.25) is 9.59 Å². The average molecular weight is 434 g/mol. The number of urea groups is 1. The number of primary amides is 1. The maximum atomic E-state index is 12.9. The Morgan fingerprint density at radius 2 is 1.72 bits per heavy atom. The normalized spacial score (nSPS) is 23.4. The third-order valence-corrected chi connectivity index (χ3v) is 6.92. The van der Waals surface area contributed by atoms with Crippen molar-refractivity contribution in [3.8, 4) is 11.1 Å². The van der Waals surface area contributed by atoms with Crippen LogP contribution in [0.5, 0.6) is 0 Å². The van der Waals surface area contributed by atoms with Crippen molar-refractivity contribution in [2.75, 3.05) is 32.8 Å². The molecular weight excluding hydrogens is 406 g/mol. The maximum absolute atomic E-state index is 12.9. The number of hydrogen-bond acceptors (Lipinski definition) is 4. The second kappa shape index (κ2) is 8.39. The van der Waals surface area contributed by atoms with Crippen LogP contribution in [0.25, 0.3) is 11.1 Å². The van der Waals surface area contributed by atoms with Gasteiger partial charge < -0.3 is 20.3 Å². The predicted molar refractivity (Wildman–Crippen MR) is 119 cm³/mol. The van der Waals surface area contributed by atoms with Gasteiger partial charge in [0.25, 0.3) is 0 Å². The zero-order chi connectivity index (χ0) is 22.2. The average Bonchev–Trinajstić information content (AvgIpc) is 2.78. The summed E-state index contributed by atoms with van der Waals surface area (Å²) in [6, 6.07) is 15.5. The third-order valence-electron chi connectivity index (χ3n) is 6.92. The SMILES string of the molecule is NC(=O)c1ccccc1-c1ccc(C2CN(C(=O)N3CC[C@@H]4OCC(=O)C[C@@H]4C3)C2)cc1. The van der Waals surface area contributed by atoms with E-state index >= 15 is 0 Å². The highest BCUT2D eigenvalue weighted by Gasteiger charge is 2.40. The van der Waals surface area contributed by atoms with Crippen LogP contribution in [-0.2, 0) is 9.53 Å². The number of hydrogen-bond donors (Lipinski definition) is 1. The number of ether oxygens (including phenoxy) is 1. The van der Waals surface area contributed by atoms with Gasteiger partial charge in [-0.2, -0.15) is 0 Å². The van der Waals surface area contributed by atoms with E-state index in [1.165, 1.54) is 5.56 Å². The molecule has 3 fully saturated rings. The van der Waals surface area contributed by atoms with Gasteiger partial charge in [0.1, 0.15) is 6.61 Å². The standard InChI is InChI=1S/C25H27N3O4/c26-24(30)22-4-2-1-3-21(22)17-7-5-16(6-8-17)19-13-28(14-19)25(31)27-10-9-23-18(12-27)11-20(29)15-32-23/h1-8,18-19,23H,9-15H2,(H2,26,30)/t18-,23+/m1/s1. The van der Waals surface area contributed by atoms with E-state index in [1.807, 2.05) is 34.1 Å². The Morgan fingerprint density at radius 1 is 0.969 bits per heavy atom. The number of amides is 3. The van der Waals surface area contributed by atoms with E-state index in [0.717, 1.165) is 17.5 Å². The van der Waals surface area contributed by atoms with Gasteiger partial charge in [0, 0.05) is 50.0 Å². The number of fused-ring (bicyclic) bond motifs is 1. The molecule has 3 aliphatic heterocycles. The van der Waals surface area contributed by atoms with E-state index in [2.05, 4.69) is 12.1 Å². The molecule has 166 valence electrons. The molecule has 32 heavy (non-hydrogen) atoms. The van der Waals surface area contributed by atoms with Gasteiger partial charge in [-0.25, -0.2) is 4.79 Å². The minimum absolute atomic E-state index is 0.0599. The lowest BCUT2D eigenvalue weighted by molar-refractivity contribution is -0.140. The van der Waals surface area contributed by atoms with Gasteiger partial charge in [0.2, 0.25) is 5.91 Å². The Balaban J connectivity index is 1.19. The van der Waals surface area contributed by atoms with Crippen LogP contribution in [0.3, 0.4) is 0 Å². The molecule has 0 aromatic heterocycles. The number of carbonyl (C=O) groups is 3. The molecule has 0 bridgehead atoms. The van der Waals surface area contributed by atoms with Crippen LogP contribution < -0.4 is 5.73 Å². The minimum atomic E-state index is -0.439. The topological polar surface area (TPSA) is 92.9 Å². The summed E-state index contributed by atoms with van der Waals surface area (Å²) in [5.41, 5.74) is 8.96. The molecule has 2 N–H and O–H groups in total. The van der Waals surface area contributed by atoms with Crippen LogP contribution in [0.2, 0.25) is 0 Å². The Morgan fingerprint density at radius 3 is 2.47 bits per heavy atom. The largest absolute Gasteiger partial charge is 0.370 e. The summed E-state index contributed by atoms with van der Waals surface area (Å²) >= 11 is 0. The van der Waals surface area contributed by atoms with Crippen LogP contribution in [-0.4, -0.2) is 66.4 Å². The van der Waals surface area contributed by atoms with Crippen LogP contribution >= 0.6 is 0 Å². The molecule has 3 heterocycles. The van der Waals surface area contributed by atoms with Gasteiger partial charge in [-0.15, -0.1) is 0 Å². The molecule has 0 spiro atoms. The van der Waals surface area contributed by atoms with Crippen molar-refractivity contribution in [3.05, 3.63) is 59.7 Å². The van der Waals surface area contributed by atoms with Crippen LogP contribution in [0, 0.1) is 5.92 Å². The third kappa shape index (κ3) is 3.88. The fraction of sp³-hybridized carbons (Fsp3) is 0.400. The lowest BCUT2D eigenvalue weighted by Gasteiger charge is -2.46. The number of likely N-dealkylation sites (tertiary alicyclic amines) is 2. The summed E-state index contributed by atoms with van der Waals surface area (Å²) in [4.78, 5) is 40.1. The molecule has 2 aromatic carbocycles. The molecule has 0 unspecified atom stereocenters. The summed E-state index contributed by atoms with van der Waals surface area (Å²) in [5, 5.41) is 0. The van der Waals surface area contributed by atoms with Gasteiger partial charge in [0.15, 0.2) is 5.78 Å². The molecule has 0 saturated carbocycles. The van der Waals surface area contributed by atoms with Crippen LogP contribution in [0.15, 0.2) is 48.5 Å². The minimum Gasteiger partial charge on any atom is -0.370 e. The maximum Gasteiger partial charge on any atom is 0.320 e. The molecule has 3 saturated heterocycles. The first-order valence-corrected chi connectivity index (χ1v) is 11.2. The Hall–Kier alpha value is -3.19. The highest BCUT2D eigenvalue weighted by Crippen LogP contribution is 2.33. The quantitative estimate of drug-likeness (QED) is 0.805.